The van der Waals surface area contributed by atoms with Gasteiger partial charge in [0, 0.05) is 0 Å². The SMILES string of the molecule is Cl.F[CH-]c1ccccc1.[F-].[Mg+2]. The zero-order valence-electron chi connectivity index (χ0n) is 5.84. The monoisotopic (exact) mass is 188 g/mol. The van der Waals surface area contributed by atoms with Crippen LogP contribution in [0.1, 0.15) is 5.56 Å². The third kappa shape index (κ3) is 6.41. The number of rotatable bonds is 1. The van der Waals surface area contributed by atoms with Crippen LogP contribution in [0.4, 0.5) is 4.39 Å². The minimum absolute atomic E-state index is 0. The van der Waals surface area contributed by atoms with Gasteiger partial charge < -0.3 is 4.70 Å². The van der Waals surface area contributed by atoms with Gasteiger partial charge in [0.05, 0.1) is 0 Å². The third-order valence-corrected chi connectivity index (χ3v) is 0.926. The maximum Gasteiger partial charge on any atom is 2.00 e. The summed E-state index contributed by atoms with van der Waals surface area (Å²) in [6, 6.07) is 8.86. The van der Waals surface area contributed by atoms with Crippen molar-refractivity contribution in [3.63, 3.8) is 0 Å². The number of hydrogen-bond acceptors (Lipinski definition) is 0. The van der Waals surface area contributed by atoms with Crippen molar-refractivity contribution in [2.75, 3.05) is 0 Å². The second kappa shape index (κ2) is 10.0. The molecule has 0 amide bonds. The molecule has 4 heteroatoms. The van der Waals surface area contributed by atoms with E-state index in [4.69, 9.17) is 0 Å². The third-order valence-electron chi connectivity index (χ3n) is 0.926. The van der Waals surface area contributed by atoms with Gasteiger partial charge in [-0.1, -0.05) is 6.07 Å². The fraction of sp³-hybridized carbons (Fsp3) is 0. The van der Waals surface area contributed by atoms with Crippen molar-refractivity contribution in [1.82, 2.24) is 0 Å². The van der Waals surface area contributed by atoms with E-state index in [1.165, 1.54) is 0 Å². The van der Waals surface area contributed by atoms with Gasteiger partial charge in [-0.3, -0.25) is 4.39 Å². The van der Waals surface area contributed by atoms with Crippen LogP contribution >= 0.6 is 12.4 Å². The van der Waals surface area contributed by atoms with Gasteiger partial charge in [0.25, 0.3) is 0 Å². The molecule has 58 valence electrons. The maximum atomic E-state index is 11.6. The van der Waals surface area contributed by atoms with Crippen molar-refractivity contribution < 1.29 is 9.09 Å². The first-order chi connectivity index (χ1) is 3.93. The van der Waals surface area contributed by atoms with Crippen molar-refractivity contribution in [3.05, 3.63) is 42.6 Å². The number of hydrogen-bond donors (Lipinski definition) is 0. The summed E-state index contributed by atoms with van der Waals surface area (Å²) in [5.74, 6) is 0. The van der Waals surface area contributed by atoms with Gasteiger partial charge >= 0.3 is 23.1 Å². The van der Waals surface area contributed by atoms with Crippen LogP contribution in [-0.4, -0.2) is 23.1 Å². The molecule has 0 heterocycles. The van der Waals surface area contributed by atoms with Crippen molar-refractivity contribution >= 4 is 35.5 Å². The Hall–Kier alpha value is 0.00623. The van der Waals surface area contributed by atoms with Crippen LogP contribution in [0.25, 0.3) is 0 Å². The zero-order chi connectivity index (χ0) is 5.82. The molecule has 0 aliphatic carbocycles. The topological polar surface area (TPSA) is 0 Å². The molecular weight excluding hydrogens is 182 g/mol. The van der Waals surface area contributed by atoms with Gasteiger partial charge in [-0.15, -0.1) is 24.5 Å². The molecular formula is C7H7ClF2Mg. The Bertz CT molecular complexity index is 158. The quantitative estimate of drug-likeness (QED) is 0.401. The summed E-state index contributed by atoms with van der Waals surface area (Å²) in [5, 5.41) is 0. The van der Waals surface area contributed by atoms with E-state index in [1.807, 2.05) is 6.07 Å². The van der Waals surface area contributed by atoms with Crippen molar-refractivity contribution in [1.29, 1.82) is 0 Å². The average Bonchev–Trinajstić information content (AvgIpc) is 1.90. The van der Waals surface area contributed by atoms with Gasteiger partial charge in [-0.05, 0) is 6.67 Å². The van der Waals surface area contributed by atoms with E-state index in [-0.39, 0.29) is 40.2 Å². The minimum atomic E-state index is 0. The van der Waals surface area contributed by atoms with Crippen molar-refractivity contribution in [2.45, 2.75) is 0 Å². The fourth-order valence-corrected chi connectivity index (χ4v) is 0.526. The molecule has 0 radical (unpaired) electrons. The van der Waals surface area contributed by atoms with Gasteiger partial charge in [0.1, 0.15) is 0 Å². The number of halogens is 3. The molecule has 0 nitrogen and oxygen atoms in total. The molecule has 1 aromatic carbocycles. The molecule has 11 heavy (non-hydrogen) atoms. The van der Waals surface area contributed by atoms with Crippen LogP contribution in [0.5, 0.6) is 0 Å². The van der Waals surface area contributed by atoms with Gasteiger partial charge in [-0.25, -0.2) is 0 Å². The summed E-state index contributed by atoms with van der Waals surface area (Å²) < 4.78 is 11.6. The van der Waals surface area contributed by atoms with Crippen LogP contribution in [-0.2, 0) is 0 Å². The second-order valence-electron chi connectivity index (χ2n) is 1.52. The Labute approximate surface area is 87.1 Å². The standard InChI is InChI=1S/C7H6F.ClH.FH.Mg/c8-6-7-4-2-1-3-5-7;;;/h1-6H;2*1H;/q-1;;;+2/p-1. The molecule has 0 saturated heterocycles. The Morgan fingerprint density at radius 3 is 1.82 bits per heavy atom. The smallest absolute Gasteiger partial charge is 1.00 e. The molecule has 0 unspecified atom stereocenters. The molecule has 0 fully saturated rings. The maximum absolute atomic E-state index is 11.6. The first-order valence-corrected chi connectivity index (χ1v) is 2.42. The molecule has 0 saturated carbocycles. The van der Waals surface area contributed by atoms with Crippen LogP contribution < -0.4 is 4.70 Å². The minimum Gasteiger partial charge on any atom is -1.00 e. The predicted octanol–water partition coefficient (Wildman–Crippen LogP) is -0.789. The Morgan fingerprint density at radius 2 is 1.55 bits per heavy atom. The molecule has 1 rings (SSSR count). The molecule has 1 aromatic rings. The Kier molecular flexibility index (Phi) is 15.6. The van der Waals surface area contributed by atoms with E-state index < -0.39 is 0 Å². The van der Waals surface area contributed by atoms with E-state index in [2.05, 4.69) is 0 Å². The number of benzene rings is 1. The molecule has 0 aliphatic rings. The second-order valence-corrected chi connectivity index (χ2v) is 1.52. The van der Waals surface area contributed by atoms with Gasteiger partial charge in [0.15, 0.2) is 0 Å². The molecule has 0 N–H and O–H groups in total. The first-order valence-electron chi connectivity index (χ1n) is 2.42. The predicted molar refractivity (Wildman–Crippen MR) is 44.0 cm³/mol. The van der Waals surface area contributed by atoms with Gasteiger partial charge in [0.2, 0.25) is 0 Å². The van der Waals surface area contributed by atoms with E-state index in [0.29, 0.717) is 12.2 Å². The molecule has 0 bridgehead atoms. The summed E-state index contributed by atoms with van der Waals surface area (Å²) in [4.78, 5) is 0. The molecule has 0 aliphatic heterocycles. The Morgan fingerprint density at radius 1 is 1.09 bits per heavy atom. The zero-order valence-corrected chi connectivity index (χ0v) is 8.07. The first kappa shape index (κ1) is 17.2. The van der Waals surface area contributed by atoms with Crippen LogP contribution in [0, 0.1) is 6.67 Å². The Balaban J connectivity index is -0.000000213. The van der Waals surface area contributed by atoms with Crippen LogP contribution in [0.3, 0.4) is 0 Å². The van der Waals surface area contributed by atoms with E-state index in [1.54, 1.807) is 24.3 Å². The van der Waals surface area contributed by atoms with Crippen molar-refractivity contribution in [2.24, 2.45) is 0 Å². The van der Waals surface area contributed by atoms with E-state index in [0.717, 1.165) is 0 Å². The summed E-state index contributed by atoms with van der Waals surface area (Å²) in [7, 11) is 0. The van der Waals surface area contributed by atoms with E-state index >= 15 is 0 Å². The average molecular weight is 189 g/mol. The van der Waals surface area contributed by atoms with Crippen LogP contribution in [0.15, 0.2) is 30.3 Å². The van der Waals surface area contributed by atoms with E-state index in [9.17, 15) is 4.39 Å². The summed E-state index contributed by atoms with van der Waals surface area (Å²) in [6.45, 7) is 0.583. The van der Waals surface area contributed by atoms with Gasteiger partial charge in [-0.2, -0.15) is 17.7 Å². The summed E-state index contributed by atoms with van der Waals surface area (Å²) in [6.07, 6.45) is 0. The fourth-order valence-electron chi connectivity index (χ4n) is 0.526. The van der Waals surface area contributed by atoms with Crippen molar-refractivity contribution in [3.8, 4) is 0 Å². The molecule has 0 spiro atoms. The normalized spacial score (nSPS) is 6.27. The summed E-state index contributed by atoms with van der Waals surface area (Å²) in [5.41, 5.74) is 0.618. The molecule has 0 aromatic heterocycles. The van der Waals surface area contributed by atoms with Crippen LogP contribution in [0.2, 0.25) is 0 Å². The summed E-state index contributed by atoms with van der Waals surface area (Å²) >= 11 is 0. The largest absolute Gasteiger partial charge is 2.00 e. The molecule has 0 atom stereocenters.